The lowest BCUT2D eigenvalue weighted by atomic mass is 9.94. The lowest BCUT2D eigenvalue weighted by Crippen LogP contribution is -2.41. The van der Waals surface area contributed by atoms with Gasteiger partial charge in [0.05, 0.1) is 11.7 Å². The largest absolute Gasteiger partial charge is 0.375 e. The molecule has 1 aromatic carbocycles. The summed E-state index contributed by atoms with van der Waals surface area (Å²) in [7, 11) is 1.53. The molecule has 1 fully saturated rings. The molecule has 1 saturated heterocycles. The highest BCUT2D eigenvalue weighted by atomic mass is 35.5. The van der Waals surface area contributed by atoms with Crippen molar-refractivity contribution in [3.8, 4) is 11.1 Å². The first-order chi connectivity index (χ1) is 12.1. The van der Waals surface area contributed by atoms with Crippen LogP contribution in [0, 0.1) is 0 Å². The van der Waals surface area contributed by atoms with Crippen molar-refractivity contribution < 1.29 is 9.53 Å². The Balaban J connectivity index is 2.03. The predicted octanol–water partition coefficient (Wildman–Crippen LogP) is 3.08. The normalized spacial score (nSPS) is 17.5. The maximum absolute atomic E-state index is 12.5. The number of halogens is 1. The fourth-order valence-corrected chi connectivity index (χ4v) is 3.36. The SMILES string of the molecule is COCC(=O)N1CCCC[C@@H]1c1nc(N)ncc1-c1ccc(Cl)cc1. The van der Waals surface area contributed by atoms with Crippen molar-refractivity contribution in [2.24, 2.45) is 0 Å². The summed E-state index contributed by atoms with van der Waals surface area (Å²) in [4.78, 5) is 22.9. The minimum Gasteiger partial charge on any atom is -0.375 e. The van der Waals surface area contributed by atoms with Gasteiger partial charge in [0.15, 0.2) is 0 Å². The van der Waals surface area contributed by atoms with Crippen LogP contribution in [0.25, 0.3) is 11.1 Å². The van der Waals surface area contributed by atoms with E-state index in [1.54, 1.807) is 6.20 Å². The van der Waals surface area contributed by atoms with Crippen LogP contribution in [-0.4, -0.2) is 41.0 Å². The molecule has 1 amide bonds. The van der Waals surface area contributed by atoms with Crippen LogP contribution in [0.5, 0.6) is 0 Å². The van der Waals surface area contributed by atoms with Gasteiger partial charge in [0.1, 0.15) is 6.61 Å². The van der Waals surface area contributed by atoms with Crippen LogP contribution < -0.4 is 5.73 Å². The van der Waals surface area contributed by atoms with E-state index in [-0.39, 0.29) is 24.5 Å². The molecule has 25 heavy (non-hydrogen) atoms. The van der Waals surface area contributed by atoms with Gasteiger partial charge in [-0.15, -0.1) is 0 Å². The number of hydrogen-bond donors (Lipinski definition) is 1. The molecule has 0 saturated carbocycles. The van der Waals surface area contributed by atoms with Crippen LogP contribution in [-0.2, 0) is 9.53 Å². The number of amides is 1. The minimum atomic E-state index is -0.132. The van der Waals surface area contributed by atoms with Crippen LogP contribution >= 0.6 is 11.6 Å². The van der Waals surface area contributed by atoms with Gasteiger partial charge in [0.2, 0.25) is 11.9 Å². The molecule has 0 radical (unpaired) electrons. The number of carbonyl (C=O) groups excluding carboxylic acids is 1. The molecule has 0 unspecified atom stereocenters. The Kier molecular flexibility index (Phi) is 5.50. The van der Waals surface area contributed by atoms with Crippen LogP contribution in [0.15, 0.2) is 30.5 Å². The molecule has 2 heterocycles. The van der Waals surface area contributed by atoms with Crippen molar-refractivity contribution in [1.82, 2.24) is 14.9 Å². The zero-order valence-electron chi connectivity index (χ0n) is 14.1. The van der Waals surface area contributed by atoms with E-state index in [9.17, 15) is 4.79 Å². The molecule has 0 aliphatic carbocycles. The molecule has 3 rings (SSSR count). The molecule has 0 bridgehead atoms. The Bertz CT molecular complexity index is 751. The summed E-state index contributed by atoms with van der Waals surface area (Å²) >= 11 is 5.99. The van der Waals surface area contributed by atoms with E-state index in [0.29, 0.717) is 11.6 Å². The molecule has 7 heteroatoms. The average molecular weight is 361 g/mol. The van der Waals surface area contributed by atoms with E-state index in [1.165, 1.54) is 7.11 Å². The molecule has 1 aliphatic rings. The van der Waals surface area contributed by atoms with Crippen molar-refractivity contribution in [1.29, 1.82) is 0 Å². The molecule has 1 aromatic heterocycles. The number of carbonyl (C=O) groups is 1. The summed E-state index contributed by atoms with van der Waals surface area (Å²) in [6.45, 7) is 0.754. The van der Waals surface area contributed by atoms with Gasteiger partial charge in [0, 0.05) is 30.4 Å². The third kappa shape index (κ3) is 3.91. The van der Waals surface area contributed by atoms with Gasteiger partial charge in [-0.25, -0.2) is 9.97 Å². The highest BCUT2D eigenvalue weighted by molar-refractivity contribution is 6.30. The van der Waals surface area contributed by atoms with Gasteiger partial charge in [-0.2, -0.15) is 0 Å². The zero-order valence-corrected chi connectivity index (χ0v) is 14.9. The summed E-state index contributed by atoms with van der Waals surface area (Å²) in [6.07, 6.45) is 4.56. The number of methoxy groups -OCH3 is 1. The average Bonchev–Trinajstić information content (AvgIpc) is 2.63. The number of aromatic nitrogens is 2. The summed E-state index contributed by atoms with van der Waals surface area (Å²) < 4.78 is 5.03. The number of rotatable bonds is 4. The topological polar surface area (TPSA) is 81.3 Å². The molecular formula is C18H21ClN4O2. The number of likely N-dealkylation sites (tertiary alicyclic amines) is 1. The minimum absolute atomic E-state index is 0.0357. The first kappa shape index (κ1) is 17.6. The Morgan fingerprint density at radius 2 is 2.12 bits per heavy atom. The van der Waals surface area contributed by atoms with Crippen molar-refractivity contribution in [2.45, 2.75) is 25.3 Å². The van der Waals surface area contributed by atoms with Gasteiger partial charge in [-0.3, -0.25) is 4.79 Å². The van der Waals surface area contributed by atoms with Gasteiger partial charge in [-0.05, 0) is 37.0 Å². The predicted molar refractivity (Wildman–Crippen MR) is 97.1 cm³/mol. The Morgan fingerprint density at radius 1 is 1.36 bits per heavy atom. The van der Waals surface area contributed by atoms with Crippen LogP contribution in [0.1, 0.15) is 31.0 Å². The summed E-state index contributed by atoms with van der Waals surface area (Å²) in [5.74, 6) is 0.170. The number of nitrogens with two attached hydrogens (primary N) is 1. The van der Waals surface area contributed by atoms with E-state index >= 15 is 0 Å². The summed E-state index contributed by atoms with van der Waals surface area (Å²) in [5.41, 5.74) is 8.44. The van der Waals surface area contributed by atoms with Crippen LogP contribution in [0.2, 0.25) is 5.02 Å². The molecule has 6 nitrogen and oxygen atoms in total. The fourth-order valence-electron chi connectivity index (χ4n) is 3.24. The van der Waals surface area contributed by atoms with Crippen molar-refractivity contribution in [2.75, 3.05) is 26.0 Å². The Labute approximate surface area is 152 Å². The van der Waals surface area contributed by atoms with Crippen molar-refractivity contribution >= 4 is 23.5 Å². The number of nitrogen functional groups attached to an aromatic ring is 1. The van der Waals surface area contributed by atoms with E-state index in [2.05, 4.69) is 9.97 Å². The van der Waals surface area contributed by atoms with Crippen molar-refractivity contribution in [3.05, 3.63) is 41.2 Å². The number of nitrogens with zero attached hydrogens (tertiary/aromatic N) is 3. The lowest BCUT2D eigenvalue weighted by molar-refractivity contribution is -0.139. The molecule has 2 aromatic rings. The highest BCUT2D eigenvalue weighted by Gasteiger charge is 2.31. The molecule has 1 atom stereocenters. The van der Waals surface area contributed by atoms with E-state index < -0.39 is 0 Å². The third-order valence-corrected chi connectivity index (χ3v) is 4.65. The fraction of sp³-hybridized carbons (Fsp3) is 0.389. The number of piperidine rings is 1. The lowest BCUT2D eigenvalue weighted by Gasteiger charge is -2.36. The van der Waals surface area contributed by atoms with Crippen LogP contribution in [0.3, 0.4) is 0 Å². The number of anilines is 1. The molecule has 1 aliphatic heterocycles. The van der Waals surface area contributed by atoms with Gasteiger partial charge in [0.25, 0.3) is 0 Å². The van der Waals surface area contributed by atoms with Gasteiger partial charge >= 0.3 is 0 Å². The number of benzene rings is 1. The maximum Gasteiger partial charge on any atom is 0.249 e. The second kappa shape index (κ2) is 7.80. The second-order valence-corrected chi connectivity index (χ2v) is 6.50. The van der Waals surface area contributed by atoms with Gasteiger partial charge in [-0.1, -0.05) is 23.7 Å². The first-order valence-corrected chi connectivity index (χ1v) is 8.64. The second-order valence-electron chi connectivity index (χ2n) is 6.07. The summed E-state index contributed by atoms with van der Waals surface area (Å²) in [6, 6.07) is 7.36. The van der Waals surface area contributed by atoms with E-state index in [0.717, 1.165) is 36.1 Å². The number of ether oxygens (including phenoxy) is 1. The monoisotopic (exact) mass is 360 g/mol. The molecule has 0 spiro atoms. The quantitative estimate of drug-likeness (QED) is 0.906. The van der Waals surface area contributed by atoms with E-state index in [1.807, 2.05) is 29.2 Å². The molecule has 2 N–H and O–H groups in total. The first-order valence-electron chi connectivity index (χ1n) is 8.27. The van der Waals surface area contributed by atoms with E-state index in [4.69, 9.17) is 22.1 Å². The Morgan fingerprint density at radius 3 is 2.84 bits per heavy atom. The molecule has 132 valence electrons. The number of hydrogen-bond acceptors (Lipinski definition) is 5. The standard InChI is InChI=1S/C18H21ClN4O2/c1-25-11-16(24)23-9-3-2-4-15(23)17-14(10-21-18(20)22-17)12-5-7-13(19)8-6-12/h5-8,10,15H,2-4,9,11H2,1H3,(H2,20,21,22)/t15-/m1/s1. The zero-order chi connectivity index (χ0) is 17.8. The summed E-state index contributed by atoms with van der Waals surface area (Å²) in [5, 5.41) is 0.663. The third-order valence-electron chi connectivity index (χ3n) is 4.40. The maximum atomic E-state index is 12.5. The van der Waals surface area contributed by atoms with Crippen LogP contribution in [0.4, 0.5) is 5.95 Å². The molecular weight excluding hydrogens is 340 g/mol. The highest BCUT2D eigenvalue weighted by Crippen LogP contribution is 2.36. The van der Waals surface area contributed by atoms with Crippen molar-refractivity contribution in [3.63, 3.8) is 0 Å². The van der Waals surface area contributed by atoms with Gasteiger partial charge < -0.3 is 15.4 Å². The smallest absolute Gasteiger partial charge is 0.249 e. The Hall–Kier alpha value is -2.18.